The molecule has 1 atom stereocenters. The van der Waals surface area contributed by atoms with E-state index in [0.717, 1.165) is 11.8 Å². The van der Waals surface area contributed by atoms with Crippen molar-refractivity contribution in [1.29, 1.82) is 0 Å². The summed E-state index contributed by atoms with van der Waals surface area (Å²) in [6, 6.07) is 0. The van der Waals surface area contributed by atoms with E-state index in [1.54, 1.807) is 0 Å². The highest BCUT2D eigenvalue weighted by molar-refractivity contribution is 4.64. The lowest BCUT2D eigenvalue weighted by Crippen LogP contribution is -2.24. The van der Waals surface area contributed by atoms with Crippen LogP contribution in [0.4, 0.5) is 0 Å². The average molecular weight is 199 g/mol. The monoisotopic (exact) mass is 199 g/mol. The Morgan fingerprint density at radius 3 is 2.29 bits per heavy atom. The van der Waals surface area contributed by atoms with Gasteiger partial charge >= 0.3 is 0 Å². The molecule has 0 aromatic carbocycles. The van der Waals surface area contributed by atoms with Crippen LogP contribution in [0.3, 0.4) is 0 Å². The normalized spacial score (nSPS) is 13.5. The van der Waals surface area contributed by atoms with E-state index in [4.69, 9.17) is 0 Å². The molecule has 0 heterocycles. The standard InChI is InChI=1S/C13H29N/c1-5-7-8-13(10-12(3)4)11-14-9-6-2/h12-14H,5-11H2,1-4H3. The Hall–Kier alpha value is -0.0400. The fourth-order valence-electron chi connectivity index (χ4n) is 1.95. The van der Waals surface area contributed by atoms with Crippen LogP contribution in [0.2, 0.25) is 0 Å². The zero-order valence-corrected chi connectivity index (χ0v) is 10.6. The van der Waals surface area contributed by atoms with Crippen LogP contribution in [-0.2, 0) is 0 Å². The first-order valence-corrected chi connectivity index (χ1v) is 6.41. The molecule has 0 aromatic rings. The predicted molar refractivity (Wildman–Crippen MR) is 65.6 cm³/mol. The first-order chi connectivity index (χ1) is 6.70. The van der Waals surface area contributed by atoms with Crippen molar-refractivity contribution >= 4 is 0 Å². The van der Waals surface area contributed by atoms with Gasteiger partial charge in [0.25, 0.3) is 0 Å². The van der Waals surface area contributed by atoms with Gasteiger partial charge < -0.3 is 5.32 Å². The highest BCUT2D eigenvalue weighted by atomic mass is 14.8. The van der Waals surface area contributed by atoms with Gasteiger partial charge in [0.1, 0.15) is 0 Å². The Balaban J connectivity index is 3.61. The van der Waals surface area contributed by atoms with Gasteiger partial charge in [-0.05, 0) is 44.2 Å². The fraction of sp³-hybridized carbons (Fsp3) is 1.00. The number of hydrogen-bond donors (Lipinski definition) is 1. The van der Waals surface area contributed by atoms with Gasteiger partial charge in [-0.2, -0.15) is 0 Å². The molecule has 0 amide bonds. The van der Waals surface area contributed by atoms with Crippen LogP contribution in [-0.4, -0.2) is 13.1 Å². The van der Waals surface area contributed by atoms with E-state index in [-0.39, 0.29) is 0 Å². The van der Waals surface area contributed by atoms with Gasteiger partial charge in [0, 0.05) is 0 Å². The van der Waals surface area contributed by atoms with Crippen molar-refractivity contribution in [1.82, 2.24) is 5.32 Å². The van der Waals surface area contributed by atoms with Crippen molar-refractivity contribution in [3.05, 3.63) is 0 Å². The maximum atomic E-state index is 3.55. The lowest BCUT2D eigenvalue weighted by Gasteiger charge is -2.19. The topological polar surface area (TPSA) is 12.0 Å². The molecule has 0 fully saturated rings. The number of unbranched alkanes of at least 4 members (excludes halogenated alkanes) is 1. The summed E-state index contributed by atoms with van der Waals surface area (Å²) in [4.78, 5) is 0. The maximum Gasteiger partial charge on any atom is -0.00204 e. The second kappa shape index (κ2) is 9.51. The summed E-state index contributed by atoms with van der Waals surface area (Å²) >= 11 is 0. The van der Waals surface area contributed by atoms with Crippen molar-refractivity contribution < 1.29 is 0 Å². The molecule has 1 N–H and O–H groups in total. The van der Waals surface area contributed by atoms with E-state index in [9.17, 15) is 0 Å². The molecule has 14 heavy (non-hydrogen) atoms. The van der Waals surface area contributed by atoms with Gasteiger partial charge in [-0.1, -0.05) is 40.5 Å². The summed E-state index contributed by atoms with van der Waals surface area (Å²) in [5.41, 5.74) is 0. The van der Waals surface area contributed by atoms with Gasteiger partial charge in [0.05, 0.1) is 0 Å². The van der Waals surface area contributed by atoms with Crippen LogP contribution in [0.5, 0.6) is 0 Å². The van der Waals surface area contributed by atoms with Crippen LogP contribution < -0.4 is 5.32 Å². The third kappa shape index (κ3) is 8.55. The molecule has 1 unspecified atom stereocenters. The minimum Gasteiger partial charge on any atom is -0.316 e. The average Bonchev–Trinajstić information content (AvgIpc) is 2.13. The Morgan fingerprint density at radius 2 is 1.79 bits per heavy atom. The maximum absolute atomic E-state index is 3.55. The summed E-state index contributed by atoms with van der Waals surface area (Å²) in [5, 5.41) is 3.55. The van der Waals surface area contributed by atoms with Crippen molar-refractivity contribution in [2.24, 2.45) is 11.8 Å². The molecule has 0 rings (SSSR count). The van der Waals surface area contributed by atoms with Crippen molar-refractivity contribution in [3.8, 4) is 0 Å². The Bertz CT molecular complexity index is 110. The largest absolute Gasteiger partial charge is 0.316 e. The van der Waals surface area contributed by atoms with E-state index in [2.05, 4.69) is 33.0 Å². The Labute approximate surface area is 90.7 Å². The van der Waals surface area contributed by atoms with Gasteiger partial charge in [0.2, 0.25) is 0 Å². The van der Waals surface area contributed by atoms with Crippen LogP contribution >= 0.6 is 0 Å². The molecule has 1 heteroatoms. The SMILES string of the molecule is CCCCC(CNCCC)CC(C)C. The molecule has 0 radical (unpaired) electrons. The van der Waals surface area contributed by atoms with Crippen molar-refractivity contribution in [3.63, 3.8) is 0 Å². The van der Waals surface area contributed by atoms with E-state index >= 15 is 0 Å². The molecule has 0 bridgehead atoms. The molecule has 0 saturated carbocycles. The first kappa shape index (κ1) is 14.0. The Morgan fingerprint density at radius 1 is 1.07 bits per heavy atom. The summed E-state index contributed by atoms with van der Waals surface area (Å²) in [5.74, 6) is 1.75. The number of hydrogen-bond acceptors (Lipinski definition) is 1. The molecule has 86 valence electrons. The Kier molecular flexibility index (Phi) is 9.49. The highest BCUT2D eigenvalue weighted by Gasteiger charge is 2.09. The second-order valence-electron chi connectivity index (χ2n) is 4.84. The quantitative estimate of drug-likeness (QED) is 0.556. The van der Waals surface area contributed by atoms with E-state index in [0.29, 0.717) is 0 Å². The second-order valence-corrected chi connectivity index (χ2v) is 4.84. The van der Waals surface area contributed by atoms with Gasteiger partial charge in [-0.3, -0.25) is 0 Å². The van der Waals surface area contributed by atoms with E-state index < -0.39 is 0 Å². The molecular formula is C13H29N. The van der Waals surface area contributed by atoms with E-state index in [1.165, 1.54) is 45.2 Å². The smallest absolute Gasteiger partial charge is 0.00204 e. The first-order valence-electron chi connectivity index (χ1n) is 6.41. The van der Waals surface area contributed by atoms with Crippen LogP contribution in [0.15, 0.2) is 0 Å². The molecule has 0 aliphatic heterocycles. The summed E-state index contributed by atoms with van der Waals surface area (Å²) in [6.45, 7) is 11.6. The molecule has 0 aliphatic rings. The van der Waals surface area contributed by atoms with Gasteiger partial charge in [-0.25, -0.2) is 0 Å². The van der Waals surface area contributed by atoms with Crippen LogP contribution in [0, 0.1) is 11.8 Å². The minimum atomic E-state index is 0.847. The van der Waals surface area contributed by atoms with Gasteiger partial charge in [-0.15, -0.1) is 0 Å². The summed E-state index contributed by atoms with van der Waals surface area (Å²) in [7, 11) is 0. The van der Waals surface area contributed by atoms with Crippen molar-refractivity contribution in [2.75, 3.05) is 13.1 Å². The molecule has 0 aromatic heterocycles. The molecule has 0 spiro atoms. The zero-order valence-electron chi connectivity index (χ0n) is 10.6. The summed E-state index contributed by atoms with van der Waals surface area (Å²) in [6.07, 6.45) is 6.78. The molecule has 0 aliphatic carbocycles. The molecular weight excluding hydrogens is 170 g/mol. The lowest BCUT2D eigenvalue weighted by atomic mass is 9.92. The fourth-order valence-corrected chi connectivity index (χ4v) is 1.95. The summed E-state index contributed by atoms with van der Waals surface area (Å²) < 4.78 is 0. The highest BCUT2D eigenvalue weighted by Crippen LogP contribution is 2.17. The van der Waals surface area contributed by atoms with Crippen LogP contribution in [0.1, 0.15) is 59.8 Å². The lowest BCUT2D eigenvalue weighted by molar-refractivity contribution is 0.358. The zero-order chi connectivity index (χ0) is 10.8. The minimum absolute atomic E-state index is 0.847. The number of rotatable bonds is 9. The predicted octanol–water partition coefficient (Wildman–Crippen LogP) is 3.84. The number of nitrogens with one attached hydrogen (secondary N) is 1. The van der Waals surface area contributed by atoms with Crippen molar-refractivity contribution in [2.45, 2.75) is 59.8 Å². The molecule has 1 nitrogen and oxygen atoms in total. The van der Waals surface area contributed by atoms with Gasteiger partial charge in [0.15, 0.2) is 0 Å². The third-order valence-electron chi connectivity index (χ3n) is 2.63. The third-order valence-corrected chi connectivity index (χ3v) is 2.63. The van der Waals surface area contributed by atoms with Crippen LogP contribution in [0.25, 0.3) is 0 Å². The van der Waals surface area contributed by atoms with E-state index in [1.807, 2.05) is 0 Å². The molecule has 0 saturated heterocycles.